The quantitative estimate of drug-likeness (QED) is 0.213. The molecule has 0 nitrogen and oxygen atoms in total. The summed E-state index contributed by atoms with van der Waals surface area (Å²) in [5, 5.41) is 0. The molecule has 0 radical (unpaired) electrons. The molecule has 0 aliphatic heterocycles. The molecule has 0 saturated carbocycles. The van der Waals surface area contributed by atoms with Gasteiger partial charge in [0.2, 0.25) is 0 Å². The summed E-state index contributed by atoms with van der Waals surface area (Å²) in [7, 11) is 0. The van der Waals surface area contributed by atoms with Gasteiger partial charge < -0.3 is 0 Å². The monoisotopic (exact) mass is 456 g/mol. The second-order valence-corrected chi connectivity index (χ2v) is 9.41. The summed E-state index contributed by atoms with van der Waals surface area (Å²) in [5.74, 6) is 0. The van der Waals surface area contributed by atoms with Gasteiger partial charge in [-0.25, -0.2) is 0 Å². The Kier molecular flexibility index (Phi) is 4.89. The smallest absolute Gasteiger partial charge is 0.0105 e. The molecule has 0 N–H and O–H groups in total. The third kappa shape index (κ3) is 3.56. The summed E-state index contributed by atoms with van der Waals surface area (Å²) in [5.41, 5.74) is 14.8. The molecule has 7 rings (SSSR count). The van der Waals surface area contributed by atoms with E-state index < -0.39 is 0 Å². The number of benzene rings is 6. The van der Waals surface area contributed by atoms with Crippen molar-refractivity contribution in [3.05, 3.63) is 146 Å². The van der Waals surface area contributed by atoms with Gasteiger partial charge in [-0.05, 0) is 91.0 Å². The molecule has 0 unspecified atom stereocenters. The molecule has 0 heteroatoms. The normalized spacial score (nSPS) is 11.3. The molecule has 0 spiro atoms. The van der Waals surface area contributed by atoms with Crippen LogP contribution in [0.5, 0.6) is 0 Å². The largest absolute Gasteiger partial charge is 0.0616 e. The Morgan fingerprint density at radius 2 is 0.417 bits per heavy atom. The fourth-order valence-corrected chi connectivity index (χ4v) is 5.44. The van der Waals surface area contributed by atoms with Gasteiger partial charge >= 0.3 is 0 Å². The Bertz CT molecular complexity index is 1480. The first-order chi connectivity index (χ1) is 17.8. The van der Waals surface area contributed by atoms with E-state index >= 15 is 0 Å². The lowest BCUT2D eigenvalue weighted by atomic mass is 9.88. The molecule has 0 saturated heterocycles. The van der Waals surface area contributed by atoms with Crippen molar-refractivity contribution in [3.63, 3.8) is 0 Å². The number of fused-ring (bicyclic) bond motifs is 16. The summed E-state index contributed by atoms with van der Waals surface area (Å²) >= 11 is 0. The number of hydrogen-bond acceptors (Lipinski definition) is 0. The molecule has 8 bridgehead atoms. The van der Waals surface area contributed by atoms with Gasteiger partial charge in [0.25, 0.3) is 0 Å². The topological polar surface area (TPSA) is 0 Å². The van der Waals surface area contributed by atoms with Crippen LogP contribution in [0.2, 0.25) is 0 Å². The molecule has 0 atom stereocenters. The first-order valence-electron chi connectivity index (χ1n) is 12.4. The molecule has 36 heavy (non-hydrogen) atoms. The van der Waals surface area contributed by atoms with Crippen LogP contribution in [0.15, 0.2) is 146 Å². The summed E-state index contributed by atoms with van der Waals surface area (Å²) < 4.78 is 0. The van der Waals surface area contributed by atoms with Crippen LogP contribution in [0.25, 0.3) is 66.8 Å². The predicted octanol–water partition coefficient (Wildman–Crippen LogP) is 10.0. The van der Waals surface area contributed by atoms with Gasteiger partial charge in [-0.2, -0.15) is 0 Å². The highest BCUT2D eigenvalue weighted by atomic mass is 14.2. The van der Waals surface area contributed by atoms with Crippen molar-refractivity contribution in [3.8, 4) is 66.8 Å². The van der Waals surface area contributed by atoms with Crippen LogP contribution in [0.3, 0.4) is 0 Å². The maximum absolute atomic E-state index is 2.32. The molecule has 0 fully saturated rings. The van der Waals surface area contributed by atoms with Crippen LogP contribution in [-0.4, -0.2) is 0 Å². The molecule has 0 aromatic heterocycles. The Balaban J connectivity index is 1.57. The fraction of sp³-hybridized carbons (Fsp3) is 0. The summed E-state index contributed by atoms with van der Waals surface area (Å²) in [4.78, 5) is 0. The first-order valence-corrected chi connectivity index (χ1v) is 12.4. The standard InChI is InChI=1S/C36H24/c1-2-18-34-30-14-6-10-26(22-30)28-12-8-16-32(24-28)36-20-4-3-19-35(36)31-15-7-11-27(23-31)25-9-5-13-29(21-25)33(34)17-1/h1-24H. The maximum Gasteiger partial charge on any atom is -0.0105 e. The van der Waals surface area contributed by atoms with Crippen molar-refractivity contribution in [1.82, 2.24) is 0 Å². The average Bonchev–Trinajstić information content (AvgIpc) is 2.97. The average molecular weight is 457 g/mol. The van der Waals surface area contributed by atoms with Crippen LogP contribution in [-0.2, 0) is 0 Å². The Hall–Kier alpha value is -4.68. The van der Waals surface area contributed by atoms with Crippen molar-refractivity contribution in [1.29, 1.82) is 0 Å². The molecular weight excluding hydrogens is 432 g/mol. The minimum Gasteiger partial charge on any atom is -0.0616 e. The highest BCUT2D eigenvalue weighted by Gasteiger charge is 2.13. The molecular formula is C36H24. The zero-order valence-electron chi connectivity index (χ0n) is 19.9. The van der Waals surface area contributed by atoms with E-state index in [9.17, 15) is 0 Å². The molecule has 0 amide bonds. The predicted molar refractivity (Wildman–Crippen MR) is 153 cm³/mol. The lowest BCUT2D eigenvalue weighted by molar-refractivity contribution is 1.54. The summed E-state index contributed by atoms with van der Waals surface area (Å²) in [6.07, 6.45) is 0. The molecule has 0 heterocycles. The SMILES string of the molecule is c1cc2cc(c1)-c1ccccc1-c1cccc(c1)-c1cccc(c1)-c1ccccc1-c1cccc-2c1. The van der Waals surface area contributed by atoms with Crippen molar-refractivity contribution in [2.75, 3.05) is 0 Å². The van der Waals surface area contributed by atoms with Crippen LogP contribution >= 0.6 is 0 Å². The van der Waals surface area contributed by atoms with Gasteiger partial charge in [-0.3, -0.25) is 0 Å². The summed E-state index contributed by atoms with van der Waals surface area (Å²) in [6.45, 7) is 0. The Labute approximate surface area is 212 Å². The zero-order valence-corrected chi connectivity index (χ0v) is 19.9. The lowest BCUT2D eigenvalue weighted by Gasteiger charge is -2.16. The minimum absolute atomic E-state index is 1.23. The van der Waals surface area contributed by atoms with E-state index in [1.54, 1.807) is 0 Å². The third-order valence-corrected chi connectivity index (χ3v) is 7.22. The van der Waals surface area contributed by atoms with Crippen molar-refractivity contribution >= 4 is 0 Å². The molecule has 1 aliphatic rings. The number of hydrogen-bond donors (Lipinski definition) is 0. The van der Waals surface area contributed by atoms with E-state index in [0.29, 0.717) is 0 Å². The van der Waals surface area contributed by atoms with Crippen LogP contribution in [0.4, 0.5) is 0 Å². The lowest BCUT2D eigenvalue weighted by Crippen LogP contribution is -1.90. The van der Waals surface area contributed by atoms with Gasteiger partial charge in [-0.15, -0.1) is 0 Å². The van der Waals surface area contributed by atoms with Crippen LogP contribution in [0, 0.1) is 0 Å². The van der Waals surface area contributed by atoms with E-state index in [1.807, 2.05) is 0 Å². The molecule has 1 aliphatic carbocycles. The van der Waals surface area contributed by atoms with E-state index in [-0.39, 0.29) is 0 Å². The van der Waals surface area contributed by atoms with Crippen molar-refractivity contribution < 1.29 is 0 Å². The maximum atomic E-state index is 2.32. The molecule has 6 aromatic carbocycles. The summed E-state index contributed by atoms with van der Waals surface area (Å²) in [6, 6.07) is 53.2. The highest BCUT2D eigenvalue weighted by Crippen LogP contribution is 2.39. The van der Waals surface area contributed by atoms with E-state index in [2.05, 4.69) is 146 Å². The zero-order chi connectivity index (χ0) is 23.9. The van der Waals surface area contributed by atoms with Crippen molar-refractivity contribution in [2.45, 2.75) is 0 Å². The van der Waals surface area contributed by atoms with E-state index in [1.165, 1.54) is 66.8 Å². The molecule has 6 aromatic rings. The third-order valence-electron chi connectivity index (χ3n) is 7.22. The van der Waals surface area contributed by atoms with Gasteiger partial charge in [-0.1, -0.05) is 121 Å². The second kappa shape index (κ2) is 8.52. The van der Waals surface area contributed by atoms with Crippen LogP contribution in [0.1, 0.15) is 0 Å². The van der Waals surface area contributed by atoms with Crippen LogP contribution < -0.4 is 0 Å². The first kappa shape index (κ1) is 20.7. The number of rotatable bonds is 0. The molecule has 168 valence electrons. The minimum atomic E-state index is 1.23. The van der Waals surface area contributed by atoms with Gasteiger partial charge in [0.1, 0.15) is 0 Å². The highest BCUT2D eigenvalue weighted by molar-refractivity contribution is 5.90. The van der Waals surface area contributed by atoms with E-state index in [4.69, 9.17) is 0 Å². The Morgan fingerprint density at radius 1 is 0.194 bits per heavy atom. The fourth-order valence-electron chi connectivity index (χ4n) is 5.44. The van der Waals surface area contributed by atoms with Gasteiger partial charge in [0.05, 0.1) is 0 Å². The van der Waals surface area contributed by atoms with Gasteiger partial charge in [0, 0.05) is 0 Å². The Morgan fingerprint density at radius 3 is 0.667 bits per heavy atom. The van der Waals surface area contributed by atoms with Crippen molar-refractivity contribution in [2.24, 2.45) is 0 Å². The second-order valence-electron chi connectivity index (χ2n) is 9.41. The van der Waals surface area contributed by atoms with E-state index in [0.717, 1.165) is 0 Å². The van der Waals surface area contributed by atoms with Gasteiger partial charge in [0.15, 0.2) is 0 Å².